The quantitative estimate of drug-likeness (QED) is 0.747. The molecule has 24 heavy (non-hydrogen) atoms. The summed E-state index contributed by atoms with van der Waals surface area (Å²) < 4.78 is 5.53. The molecule has 0 unspecified atom stereocenters. The Hall–Kier alpha value is -2.99. The molecule has 0 saturated carbocycles. The largest absolute Gasteiger partial charge is 0.420 e. The third-order valence-corrected chi connectivity index (χ3v) is 4.40. The second-order valence-electron chi connectivity index (χ2n) is 5.22. The van der Waals surface area contributed by atoms with Crippen LogP contribution in [0.4, 0.5) is 0 Å². The Morgan fingerprint density at radius 1 is 1.25 bits per heavy atom. The first-order valence-corrected chi connectivity index (χ1v) is 8.28. The van der Waals surface area contributed by atoms with Crippen LogP contribution >= 0.6 is 11.3 Å². The molecule has 1 fully saturated rings. The predicted molar refractivity (Wildman–Crippen MR) is 94.4 cm³/mol. The molecule has 1 aliphatic rings. The summed E-state index contributed by atoms with van der Waals surface area (Å²) in [5.74, 6) is -0.0469. The zero-order chi connectivity index (χ0) is 16.4. The van der Waals surface area contributed by atoms with Crippen molar-refractivity contribution >= 4 is 40.2 Å². The van der Waals surface area contributed by atoms with Gasteiger partial charge in [0.2, 0.25) is 0 Å². The molecule has 3 heterocycles. The van der Waals surface area contributed by atoms with E-state index in [0.717, 1.165) is 21.3 Å². The SMILES string of the molecule is O=C1NC(=NCc2cccs2)OC1=Cc1ccc2ncccc2c1. The normalized spacial score (nSPS) is 17.4. The molecule has 0 spiro atoms. The monoisotopic (exact) mass is 335 g/mol. The number of aromatic nitrogens is 1. The van der Waals surface area contributed by atoms with E-state index in [1.807, 2.05) is 47.8 Å². The fourth-order valence-corrected chi connectivity index (χ4v) is 3.02. The Balaban J connectivity index is 1.55. The number of rotatable bonds is 3. The Bertz CT molecular complexity index is 961. The third kappa shape index (κ3) is 3.04. The van der Waals surface area contributed by atoms with Crippen molar-refractivity contribution in [2.45, 2.75) is 6.54 Å². The van der Waals surface area contributed by atoms with Crippen LogP contribution in [0.3, 0.4) is 0 Å². The van der Waals surface area contributed by atoms with Gasteiger partial charge in [-0.1, -0.05) is 18.2 Å². The van der Waals surface area contributed by atoms with Crippen LogP contribution in [-0.4, -0.2) is 16.9 Å². The molecule has 1 amide bonds. The summed E-state index contributed by atoms with van der Waals surface area (Å²) in [5, 5.41) is 5.64. The summed E-state index contributed by atoms with van der Waals surface area (Å²) in [5.41, 5.74) is 1.79. The number of benzene rings is 1. The molecule has 2 aromatic heterocycles. The number of ether oxygens (including phenoxy) is 1. The Morgan fingerprint density at radius 3 is 3.08 bits per heavy atom. The van der Waals surface area contributed by atoms with Gasteiger partial charge in [0.1, 0.15) is 0 Å². The maximum absolute atomic E-state index is 12.0. The van der Waals surface area contributed by atoms with Crippen molar-refractivity contribution in [1.29, 1.82) is 0 Å². The Kier molecular flexibility index (Phi) is 3.80. The maximum Gasteiger partial charge on any atom is 0.297 e. The van der Waals surface area contributed by atoms with Gasteiger partial charge in [-0.05, 0) is 41.3 Å². The smallest absolute Gasteiger partial charge is 0.297 e. The van der Waals surface area contributed by atoms with Gasteiger partial charge in [0.15, 0.2) is 5.76 Å². The van der Waals surface area contributed by atoms with E-state index in [0.29, 0.717) is 6.54 Å². The van der Waals surface area contributed by atoms with Gasteiger partial charge in [0.05, 0.1) is 12.1 Å². The fraction of sp³-hybridized carbons (Fsp3) is 0.0556. The van der Waals surface area contributed by atoms with E-state index < -0.39 is 0 Å². The minimum atomic E-state index is -0.286. The van der Waals surface area contributed by atoms with Crippen molar-refractivity contribution < 1.29 is 9.53 Å². The number of nitrogens with one attached hydrogen (secondary N) is 1. The number of hydrogen-bond acceptors (Lipinski definition) is 5. The highest BCUT2D eigenvalue weighted by Crippen LogP contribution is 2.18. The van der Waals surface area contributed by atoms with Gasteiger partial charge in [-0.2, -0.15) is 0 Å². The number of thiophene rings is 1. The summed E-state index contributed by atoms with van der Waals surface area (Å²) in [6, 6.07) is 13.8. The number of amidine groups is 1. The standard InChI is InChI=1S/C18H13N3O2S/c22-17-16(23-18(21-17)20-11-14-4-2-8-24-14)10-12-5-6-15-13(9-12)3-1-7-19-15/h1-10H,11H2,(H,20,21,22). The van der Waals surface area contributed by atoms with Crippen molar-refractivity contribution in [2.24, 2.45) is 4.99 Å². The summed E-state index contributed by atoms with van der Waals surface area (Å²) in [6.45, 7) is 0.488. The second-order valence-corrected chi connectivity index (χ2v) is 6.25. The summed E-state index contributed by atoms with van der Waals surface area (Å²) >= 11 is 1.62. The number of pyridine rings is 1. The van der Waals surface area contributed by atoms with E-state index in [4.69, 9.17) is 4.74 Å². The average Bonchev–Trinajstić information content (AvgIpc) is 3.23. The average molecular weight is 335 g/mol. The van der Waals surface area contributed by atoms with Crippen LogP contribution in [0.1, 0.15) is 10.4 Å². The lowest BCUT2D eigenvalue weighted by molar-refractivity contribution is -0.116. The molecule has 5 nitrogen and oxygen atoms in total. The molecule has 1 aromatic carbocycles. The van der Waals surface area contributed by atoms with Gasteiger partial charge >= 0.3 is 0 Å². The Morgan fingerprint density at radius 2 is 2.21 bits per heavy atom. The molecular weight excluding hydrogens is 322 g/mol. The van der Waals surface area contributed by atoms with Crippen molar-refractivity contribution in [3.05, 3.63) is 70.2 Å². The summed E-state index contributed by atoms with van der Waals surface area (Å²) in [7, 11) is 0. The van der Waals surface area contributed by atoms with Gasteiger partial charge in [-0.3, -0.25) is 15.1 Å². The molecule has 4 rings (SSSR count). The van der Waals surface area contributed by atoms with Crippen LogP contribution in [0.2, 0.25) is 0 Å². The topological polar surface area (TPSA) is 63.6 Å². The van der Waals surface area contributed by atoms with Crippen molar-refractivity contribution in [1.82, 2.24) is 10.3 Å². The maximum atomic E-state index is 12.0. The van der Waals surface area contributed by atoms with Gasteiger partial charge in [-0.25, -0.2) is 4.99 Å². The zero-order valence-corrected chi connectivity index (χ0v) is 13.4. The number of carbonyl (C=O) groups excluding carboxylic acids is 1. The van der Waals surface area contributed by atoms with Crippen LogP contribution in [0, 0.1) is 0 Å². The molecule has 0 aliphatic carbocycles. The van der Waals surface area contributed by atoms with Crippen LogP contribution in [0.25, 0.3) is 17.0 Å². The molecule has 1 aliphatic heterocycles. The number of aliphatic imine (C=N–C) groups is 1. The fourth-order valence-electron chi connectivity index (χ4n) is 2.39. The van der Waals surface area contributed by atoms with Crippen molar-refractivity contribution in [3.63, 3.8) is 0 Å². The van der Waals surface area contributed by atoms with E-state index in [9.17, 15) is 4.79 Å². The van der Waals surface area contributed by atoms with Crippen LogP contribution in [0.15, 0.2) is 64.8 Å². The van der Waals surface area contributed by atoms with Gasteiger partial charge in [0, 0.05) is 16.5 Å². The summed E-state index contributed by atoms with van der Waals surface area (Å²) in [6.07, 6.45) is 3.46. The molecule has 0 bridgehead atoms. The summed E-state index contributed by atoms with van der Waals surface area (Å²) in [4.78, 5) is 21.7. The lowest BCUT2D eigenvalue weighted by atomic mass is 10.1. The first-order chi connectivity index (χ1) is 11.8. The lowest BCUT2D eigenvalue weighted by Gasteiger charge is -1.99. The first-order valence-electron chi connectivity index (χ1n) is 7.40. The molecule has 118 valence electrons. The molecule has 6 heteroatoms. The number of amides is 1. The van der Waals surface area contributed by atoms with Crippen LogP contribution < -0.4 is 5.32 Å². The highest BCUT2D eigenvalue weighted by molar-refractivity contribution is 7.09. The van der Waals surface area contributed by atoms with E-state index in [-0.39, 0.29) is 17.7 Å². The van der Waals surface area contributed by atoms with Gasteiger partial charge in [-0.15, -0.1) is 11.3 Å². The molecule has 3 aromatic rings. The first kappa shape index (κ1) is 14.6. The van der Waals surface area contributed by atoms with Gasteiger partial charge in [0.25, 0.3) is 11.9 Å². The minimum Gasteiger partial charge on any atom is -0.420 e. The molecule has 0 atom stereocenters. The van der Waals surface area contributed by atoms with Gasteiger partial charge < -0.3 is 4.74 Å². The number of hydrogen-bond donors (Lipinski definition) is 1. The molecule has 1 N–H and O–H groups in total. The zero-order valence-electron chi connectivity index (χ0n) is 12.6. The lowest BCUT2D eigenvalue weighted by Crippen LogP contribution is -2.20. The van der Waals surface area contributed by atoms with E-state index >= 15 is 0 Å². The Labute approximate surface area is 142 Å². The van der Waals surface area contributed by atoms with Crippen LogP contribution in [-0.2, 0) is 16.1 Å². The number of carbonyl (C=O) groups is 1. The van der Waals surface area contributed by atoms with Crippen molar-refractivity contribution in [3.8, 4) is 0 Å². The predicted octanol–water partition coefficient (Wildman–Crippen LogP) is 3.34. The minimum absolute atomic E-state index is 0.238. The third-order valence-electron chi connectivity index (χ3n) is 3.53. The molecular formula is C18H13N3O2S. The number of fused-ring (bicyclic) bond motifs is 1. The highest BCUT2D eigenvalue weighted by Gasteiger charge is 2.24. The highest BCUT2D eigenvalue weighted by atomic mass is 32.1. The van der Waals surface area contributed by atoms with E-state index in [1.54, 1.807) is 23.6 Å². The van der Waals surface area contributed by atoms with Crippen molar-refractivity contribution in [2.75, 3.05) is 0 Å². The van der Waals surface area contributed by atoms with E-state index in [1.165, 1.54) is 0 Å². The van der Waals surface area contributed by atoms with E-state index in [2.05, 4.69) is 15.3 Å². The molecule has 0 radical (unpaired) electrons. The molecule has 1 saturated heterocycles. The van der Waals surface area contributed by atoms with Crippen LogP contribution in [0.5, 0.6) is 0 Å². The second kappa shape index (κ2) is 6.25. The number of nitrogens with zero attached hydrogens (tertiary/aromatic N) is 2.